The molecule has 2 fully saturated rings. The van der Waals surface area contributed by atoms with Crippen molar-refractivity contribution < 1.29 is 4.57 Å². The van der Waals surface area contributed by atoms with Gasteiger partial charge >= 0.3 is 7.59 Å². The maximum Gasteiger partial charge on any atom is 0.313 e. The van der Waals surface area contributed by atoms with Crippen LogP contribution in [0.2, 0.25) is 0 Å². The third kappa shape index (κ3) is 1.59. The smallest absolute Gasteiger partial charge is 0.273 e. The summed E-state index contributed by atoms with van der Waals surface area (Å²) < 4.78 is 19.1. The van der Waals surface area contributed by atoms with Crippen molar-refractivity contribution in [1.82, 2.24) is 19.5 Å². The van der Waals surface area contributed by atoms with Crippen LogP contribution in [0.4, 0.5) is 5.13 Å². The zero-order chi connectivity index (χ0) is 11.2. The van der Waals surface area contributed by atoms with E-state index in [9.17, 15) is 4.57 Å². The van der Waals surface area contributed by atoms with Gasteiger partial charge in [0, 0.05) is 32.7 Å². The van der Waals surface area contributed by atoms with Gasteiger partial charge in [-0.1, -0.05) is 11.3 Å². The molecule has 88 valence electrons. The van der Waals surface area contributed by atoms with Gasteiger partial charge in [0.25, 0.3) is 0 Å². The highest BCUT2D eigenvalue weighted by Gasteiger charge is 2.52. The number of rotatable bonds is 5. The molecule has 1 aromatic rings. The third-order valence-electron chi connectivity index (χ3n) is 2.77. The molecule has 6 nitrogen and oxygen atoms in total. The highest BCUT2D eigenvalue weighted by Crippen LogP contribution is 2.63. The van der Waals surface area contributed by atoms with Crippen molar-refractivity contribution in [2.24, 2.45) is 0 Å². The Labute approximate surface area is 98.4 Å². The lowest BCUT2D eigenvalue weighted by Gasteiger charge is -2.31. The third-order valence-corrected chi connectivity index (χ3v) is 6.99. The second-order valence-electron chi connectivity index (χ2n) is 3.86. The van der Waals surface area contributed by atoms with Gasteiger partial charge in [0.15, 0.2) is 0 Å². The highest BCUT2D eigenvalue weighted by atomic mass is 32.1. The molecule has 0 bridgehead atoms. The van der Waals surface area contributed by atoms with Crippen molar-refractivity contribution in [2.75, 3.05) is 37.4 Å². The second-order valence-corrected chi connectivity index (χ2v) is 7.31. The number of hydrogen-bond acceptors (Lipinski definition) is 4. The fraction of sp³-hybridized carbons (Fsp3) is 0.750. The average Bonchev–Trinajstić information content (AvgIpc) is 3.18. The molecule has 0 unspecified atom stereocenters. The van der Waals surface area contributed by atoms with Crippen molar-refractivity contribution in [1.29, 1.82) is 0 Å². The maximum atomic E-state index is 13.1. The predicted octanol–water partition coefficient (Wildman–Crippen LogP) is 1.10. The standard InChI is InChI=1S/C8H14N5OPS/c1-2-13(8-10-9-7-16-8)15(14,11-3-4-11)12-5-6-12/h7H,2-6H2,1H3. The molecular weight excluding hydrogens is 245 g/mol. The molecule has 2 saturated heterocycles. The predicted molar refractivity (Wildman–Crippen MR) is 63.7 cm³/mol. The van der Waals surface area contributed by atoms with Crippen LogP contribution in [0.15, 0.2) is 5.51 Å². The van der Waals surface area contributed by atoms with Crippen LogP contribution in [0, 0.1) is 0 Å². The Hall–Kier alpha value is -0.490. The molecule has 0 aliphatic carbocycles. The van der Waals surface area contributed by atoms with E-state index < -0.39 is 7.59 Å². The van der Waals surface area contributed by atoms with Gasteiger partial charge in [0.1, 0.15) is 5.51 Å². The van der Waals surface area contributed by atoms with Gasteiger partial charge in [-0.15, -0.1) is 10.2 Å². The first-order valence-electron chi connectivity index (χ1n) is 5.42. The summed E-state index contributed by atoms with van der Waals surface area (Å²) in [5, 5.41) is 8.64. The average molecular weight is 259 g/mol. The SMILES string of the molecule is CCN(c1nncs1)P(=O)(N1CC1)N1CC1. The first-order valence-corrected chi connectivity index (χ1v) is 7.86. The van der Waals surface area contributed by atoms with E-state index in [1.54, 1.807) is 5.51 Å². The Balaban J connectivity index is 1.95. The molecule has 2 aliphatic heterocycles. The van der Waals surface area contributed by atoms with E-state index >= 15 is 0 Å². The van der Waals surface area contributed by atoms with Crippen LogP contribution in [0.25, 0.3) is 0 Å². The molecule has 0 aromatic carbocycles. The molecule has 16 heavy (non-hydrogen) atoms. The molecule has 1 aromatic heterocycles. The molecule has 3 heterocycles. The van der Waals surface area contributed by atoms with Crippen LogP contribution < -0.4 is 4.67 Å². The minimum Gasteiger partial charge on any atom is -0.273 e. The molecule has 0 N–H and O–H groups in total. The van der Waals surface area contributed by atoms with Crippen LogP contribution in [0.1, 0.15) is 6.92 Å². The first kappa shape index (κ1) is 10.7. The lowest BCUT2D eigenvalue weighted by atomic mass is 10.8. The minimum absolute atomic E-state index is 0.708. The van der Waals surface area contributed by atoms with Crippen molar-refractivity contribution in [3.63, 3.8) is 0 Å². The molecule has 0 spiro atoms. The Morgan fingerprint density at radius 1 is 1.44 bits per heavy atom. The summed E-state index contributed by atoms with van der Waals surface area (Å²) in [4.78, 5) is 0. The van der Waals surface area contributed by atoms with Gasteiger partial charge in [-0.25, -0.2) is 9.34 Å². The Kier molecular flexibility index (Phi) is 2.51. The van der Waals surface area contributed by atoms with Crippen LogP contribution in [-0.4, -0.2) is 52.3 Å². The van der Waals surface area contributed by atoms with Crippen LogP contribution in [0.5, 0.6) is 0 Å². The van der Waals surface area contributed by atoms with Gasteiger partial charge < -0.3 is 0 Å². The van der Waals surface area contributed by atoms with Gasteiger partial charge in [0.2, 0.25) is 5.13 Å². The summed E-state index contributed by atoms with van der Waals surface area (Å²) in [5.74, 6) is 0. The molecular formula is C8H14N5OPS. The number of aromatic nitrogens is 2. The van der Waals surface area contributed by atoms with E-state index in [0.717, 1.165) is 31.3 Å². The fourth-order valence-corrected chi connectivity index (χ4v) is 5.62. The number of hydrogen-bond donors (Lipinski definition) is 0. The Bertz CT molecular complexity index is 400. The normalized spacial score (nSPS) is 21.1. The van der Waals surface area contributed by atoms with Crippen molar-refractivity contribution in [3.8, 4) is 0 Å². The Morgan fingerprint density at radius 2 is 2.06 bits per heavy atom. The fourth-order valence-electron chi connectivity index (χ4n) is 1.81. The largest absolute Gasteiger partial charge is 0.313 e. The Morgan fingerprint density at radius 3 is 2.44 bits per heavy atom. The lowest BCUT2D eigenvalue weighted by Crippen LogP contribution is -2.27. The van der Waals surface area contributed by atoms with Crippen molar-refractivity contribution in [2.45, 2.75) is 6.92 Å². The van der Waals surface area contributed by atoms with Gasteiger partial charge in [-0.2, -0.15) is 0 Å². The molecule has 0 amide bonds. The lowest BCUT2D eigenvalue weighted by molar-refractivity contribution is 0.513. The molecule has 2 aliphatic rings. The van der Waals surface area contributed by atoms with E-state index in [2.05, 4.69) is 10.2 Å². The zero-order valence-corrected chi connectivity index (χ0v) is 10.8. The van der Waals surface area contributed by atoms with E-state index in [1.807, 2.05) is 20.9 Å². The quantitative estimate of drug-likeness (QED) is 0.583. The highest BCUT2D eigenvalue weighted by molar-refractivity contribution is 7.61. The van der Waals surface area contributed by atoms with Crippen molar-refractivity contribution >= 4 is 24.1 Å². The van der Waals surface area contributed by atoms with Crippen LogP contribution in [0.3, 0.4) is 0 Å². The maximum absolute atomic E-state index is 13.1. The van der Waals surface area contributed by atoms with Crippen LogP contribution in [-0.2, 0) is 4.57 Å². The number of anilines is 1. The number of nitrogens with zero attached hydrogens (tertiary/aromatic N) is 5. The molecule has 0 radical (unpaired) electrons. The van der Waals surface area contributed by atoms with E-state index in [4.69, 9.17) is 0 Å². The van der Waals surface area contributed by atoms with E-state index in [-0.39, 0.29) is 0 Å². The van der Waals surface area contributed by atoms with E-state index in [0.29, 0.717) is 6.54 Å². The first-order chi connectivity index (χ1) is 7.76. The molecule has 0 atom stereocenters. The summed E-state index contributed by atoms with van der Waals surface area (Å²) >= 11 is 1.45. The summed E-state index contributed by atoms with van der Waals surface area (Å²) in [5.41, 5.74) is 1.69. The minimum atomic E-state index is -2.53. The summed E-state index contributed by atoms with van der Waals surface area (Å²) in [6.07, 6.45) is 0. The molecule has 0 saturated carbocycles. The topological polar surface area (TPSA) is 52.1 Å². The molecule has 8 heteroatoms. The van der Waals surface area contributed by atoms with Gasteiger partial charge in [-0.05, 0) is 6.92 Å². The second kappa shape index (κ2) is 3.77. The van der Waals surface area contributed by atoms with Gasteiger partial charge in [-0.3, -0.25) is 9.24 Å². The van der Waals surface area contributed by atoms with Gasteiger partial charge in [0.05, 0.1) is 0 Å². The monoisotopic (exact) mass is 259 g/mol. The summed E-state index contributed by atoms with van der Waals surface area (Å²) in [6, 6.07) is 0. The van der Waals surface area contributed by atoms with E-state index in [1.165, 1.54) is 11.3 Å². The summed E-state index contributed by atoms with van der Waals surface area (Å²) in [6.45, 7) is 6.46. The zero-order valence-electron chi connectivity index (χ0n) is 9.11. The summed E-state index contributed by atoms with van der Waals surface area (Å²) in [7, 11) is -2.53. The molecule has 3 rings (SSSR count). The van der Waals surface area contributed by atoms with Crippen LogP contribution >= 0.6 is 18.9 Å². The van der Waals surface area contributed by atoms with Crippen molar-refractivity contribution in [3.05, 3.63) is 5.51 Å².